The van der Waals surface area contributed by atoms with Gasteiger partial charge in [-0.2, -0.15) is 0 Å². The zero-order valence-corrected chi connectivity index (χ0v) is 8.17. The summed E-state index contributed by atoms with van der Waals surface area (Å²) in [6, 6.07) is 0. The van der Waals surface area contributed by atoms with E-state index < -0.39 is 0 Å². The van der Waals surface area contributed by atoms with Gasteiger partial charge in [-0.3, -0.25) is 4.90 Å². The highest BCUT2D eigenvalue weighted by atomic mass is 32.2. The smallest absolute Gasteiger partial charge is 0.0559 e. The van der Waals surface area contributed by atoms with Gasteiger partial charge in [0, 0.05) is 18.3 Å². The topological polar surface area (TPSA) is 23.5 Å². The van der Waals surface area contributed by atoms with Gasteiger partial charge in [0.2, 0.25) is 0 Å². The highest BCUT2D eigenvalue weighted by Crippen LogP contribution is 2.03. The van der Waals surface area contributed by atoms with Crippen LogP contribution in [-0.4, -0.2) is 47.4 Å². The first-order valence-corrected chi connectivity index (χ1v) is 5.95. The first kappa shape index (κ1) is 10.6. The van der Waals surface area contributed by atoms with E-state index in [1.807, 2.05) is 0 Å². The highest BCUT2D eigenvalue weighted by Gasteiger charge is 1.99. The number of hydrogen-bond acceptors (Lipinski definition) is 4. The molecule has 0 aliphatic carbocycles. The minimum Gasteiger partial charge on any atom is -0.395 e. The standard InChI is InChI=1S/C6H15NOS2/c1-9-5-7(3-4-8)6-10-2/h8H,3-6H2,1-2H3. The number of aliphatic hydroxyl groups is 1. The molecular weight excluding hydrogens is 166 g/mol. The van der Waals surface area contributed by atoms with Gasteiger partial charge in [-0.05, 0) is 12.5 Å². The molecule has 0 spiro atoms. The zero-order valence-electron chi connectivity index (χ0n) is 6.54. The average molecular weight is 181 g/mol. The number of hydrogen-bond donors (Lipinski definition) is 1. The lowest BCUT2D eigenvalue weighted by Gasteiger charge is -2.17. The second kappa shape index (κ2) is 7.72. The molecule has 0 unspecified atom stereocenters. The molecule has 1 N–H and O–H groups in total. The highest BCUT2D eigenvalue weighted by molar-refractivity contribution is 7.99. The molecule has 4 heteroatoms. The summed E-state index contributed by atoms with van der Waals surface area (Å²) in [5.74, 6) is 2.03. The van der Waals surface area contributed by atoms with Crippen LogP contribution in [0.2, 0.25) is 0 Å². The van der Waals surface area contributed by atoms with Gasteiger partial charge in [-0.1, -0.05) is 0 Å². The Morgan fingerprint density at radius 3 is 2.00 bits per heavy atom. The van der Waals surface area contributed by atoms with Crippen molar-refractivity contribution in [3.8, 4) is 0 Å². The van der Waals surface area contributed by atoms with Crippen LogP contribution in [0.25, 0.3) is 0 Å². The van der Waals surface area contributed by atoms with E-state index in [0.717, 1.165) is 18.3 Å². The Bertz CT molecular complexity index is 58.5. The Hall–Kier alpha value is 0.620. The van der Waals surface area contributed by atoms with Crippen LogP contribution in [0.5, 0.6) is 0 Å². The average Bonchev–Trinajstić information content (AvgIpc) is 1.90. The van der Waals surface area contributed by atoms with Crippen molar-refractivity contribution in [3.05, 3.63) is 0 Å². The zero-order chi connectivity index (χ0) is 7.82. The predicted octanol–water partition coefficient (Wildman–Crippen LogP) is 0.922. The molecule has 10 heavy (non-hydrogen) atoms. The van der Waals surface area contributed by atoms with Crippen LogP contribution in [0.15, 0.2) is 0 Å². The van der Waals surface area contributed by atoms with Crippen molar-refractivity contribution in [2.24, 2.45) is 0 Å². The Labute approximate surface area is 71.4 Å². The molecule has 0 bridgehead atoms. The van der Waals surface area contributed by atoms with Crippen LogP contribution in [0, 0.1) is 0 Å². The SMILES string of the molecule is CSCN(CCO)CSC. The van der Waals surface area contributed by atoms with E-state index in [9.17, 15) is 0 Å². The molecule has 0 radical (unpaired) electrons. The van der Waals surface area contributed by atoms with Crippen molar-refractivity contribution in [3.63, 3.8) is 0 Å². The molecule has 0 atom stereocenters. The van der Waals surface area contributed by atoms with Crippen molar-refractivity contribution in [2.45, 2.75) is 0 Å². The van der Waals surface area contributed by atoms with Gasteiger partial charge in [0.15, 0.2) is 0 Å². The molecule has 0 aromatic rings. The normalized spacial score (nSPS) is 10.8. The van der Waals surface area contributed by atoms with Crippen LogP contribution in [0.1, 0.15) is 0 Å². The maximum absolute atomic E-state index is 8.63. The Morgan fingerprint density at radius 1 is 1.20 bits per heavy atom. The fraction of sp³-hybridized carbons (Fsp3) is 1.00. The van der Waals surface area contributed by atoms with Crippen molar-refractivity contribution >= 4 is 23.5 Å². The van der Waals surface area contributed by atoms with E-state index >= 15 is 0 Å². The van der Waals surface area contributed by atoms with Gasteiger partial charge in [-0.25, -0.2) is 0 Å². The van der Waals surface area contributed by atoms with Gasteiger partial charge in [0.1, 0.15) is 0 Å². The Kier molecular flexibility index (Phi) is 8.20. The van der Waals surface area contributed by atoms with E-state index in [1.54, 1.807) is 23.5 Å². The minimum atomic E-state index is 0.265. The lowest BCUT2D eigenvalue weighted by molar-refractivity contribution is 0.234. The molecular formula is C6H15NOS2. The summed E-state index contributed by atoms with van der Waals surface area (Å²) in [6.07, 6.45) is 4.15. The maximum atomic E-state index is 8.63. The third-order valence-corrected chi connectivity index (χ3v) is 2.29. The summed E-state index contributed by atoms with van der Waals surface area (Å²) < 4.78 is 0. The predicted molar refractivity (Wildman–Crippen MR) is 50.6 cm³/mol. The summed E-state index contributed by atoms with van der Waals surface area (Å²) in [6.45, 7) is 1.06. The second-order valence-electron chi connectivity index (χ2n) is 1.95. The molecule has 0 aliphatic rings. The van der Waals surface area contributed by atoms with Crippen molar-refractivity contribution < 1.29 is 5.11 Å². The van der Waals surface area contributed by atoms with Crippen molar-refractivity contribution in [1.82, 2.24) is 4.90 Å². The lowest BCUT2D eigenvalue weighted by atomic mass is 10.6. The third kappa shape index (κ3) is 5.41. The number of thioether (sulfide) groups is 2. The molecule has 0 aromatic heterocycles. The van der Waals surface area contributed by atoms with Crippen molar-refractivity contribution in [1.29, 1.82) is 0 Å². The van der Waals surface area contributed by atoms with Gasteiger partial charge >= 0.3 is 0 Å². The molecule has 0 rings (SSSR count). The van der Waals surface area contributed by atoms with Crippen LogP contribution in [-0.2, 0) is 0 Å². The van der Waals surface area contributed by atoms with E-state index in [4.69, 9.17) is 5.11 Å². The lowest BCUT2D eigenvalue weighted by Crippen LogP contribution is -2.25. The Morgan fingerprint density at radius 2 is 1.70 bits per heavy atom. The molecule has 62 valence electrons. The molecule has 0 heterocycles. The van der Waals surface area contributed by atoms with E-state index in [1.165, 1.54) is 0 Å². The fourth-order valence-corrected chi connectivity index (χ4v) is 1.96. The number of aliphatic hydroxyl groups excluding tert-OH is 1. The summed E-state index contributed by atoms with van der Waals surface area (Å²) in [5.41, 5.74) is 0. The molecule has 0 amide bonds. The largest absolute Gasteiger partial charge is 0.395 e. The third-order valence-electron chi connectivity index (χ3n) is 1.04. The maximum Gasteiger partial charge on any atom is 0.0559 e. The van der Waals surface area contributed by atoms with Gasteiger partial charge in [-0.15, -0.1) is 23.5 Å². The summed E-state index contributed by atoms with van der Waals surface area (Å²) in [5, 5.41) is 8.63. The molecule has 0 aliphatic heterocycles. The summed E-state index contributed by atoms with van der Waals surface area (Å²) >= 11 is 3.58. The first-order chi connectivity index (χ1) is 4.85. The molecule has 0 fully saturated rings. The molecule has 0 aromatic carbocycles. The van der Waals surface area contributed by atoms with Crippen LogP contribution >= 0.6 is 23.5 Å². The number of nitrogens with zero attached hydrogens (tertiary/aromatic N) is 1. The first-order valence-electron chi connectivity index (χ1n) is 3.16. The van der Waals surface area contributed by atoms with E-state index in [0.29, 0.717) is 0 Å². The minimum absolute atomic E-state index is 0.265. The molecule has 2 nitrogen and oxygen atoms in total. The van der Waals surface area contributed by atoms with Crippen LogP contribution in [0.3, 0.4) is 0 Å². The molecule has 0 saturated heterocycles. The van der Waals surface area contributed by atoms with E-state index in [-0.39, 0.29) is 6.61 Å². The van der Waals surface area contributed by atoms with Gasteiger partial charge < -0.3 is 5.11 Å². The van der Waals surface area contributed by atoms with Gasteiger partial charge in [0.05, 0.1) is 6.61 Å². The second-order valence-corrected chi connectivity index (χ2v) is 3.62. The van der Waals surface area contributed by atoms with Gasteiger partial charge in [0.25, 0.3) is 0 Å². The van der Waals surface area contributed by atoms with E-state index in [2.05, 4.69) is 17.4 Å². The van der Waals surface area contributed by atoms with Crippen molar-refractivity contribution in [2.75, 3.05) is 37.4 Å². The van der Waals surface area contributed by atoms with Crippen LogP contribution in [0.4, 0.5) is 0 Å². The number of rotatable bonds is 6. The Balaban J connectivity index is 3.30. The summed E-state index contributed by atoms with van der Waals surface area (Å²) in [7, 11) is 0. The molecule has 0 saturated carbocycles. The van der Waals surface area contributed by atoms with Crippen LogP contribution < -0.4 is 0 Å². The fourth-order valence-electron chi connectivity index (χ4n) is 0.673. The summed E-state index contributed by atoms with van der Waals surface area (Å²) in [4.78, 5) is 2.22. The monoisotopic (exact) mass is 181 g/mol. The quantitative estimate of drug-likeness (QED) is 0.616.